The van der Waals surface area contributed by atoms with Crippen LogP contribution in [0.2, 0.25) is 0 Å². The van der Waals surface area contributed by atoms with Gasteiger partial charge in [0.15, 0.2) is 15.7 Å². The summed E-state index contributed by atoms with van der Waals surface area (Å²) in [6.45, 7) is 6.32. The molecular formula is C29H37N9O3S. The number of aromatic nitrogens is 6. The Balaban J connectivity index is 1.30. The molecule has 2 aliphatic carbocycles. The summed E-state index contributed by atoms with van der Waals surface area (Å²) in [5, 5.41) is 3.26. The van der Waals surface area contributed by atoms with E-state index in [0.29, 0.717) is 48.0 Å². The summed E-state index contributed by atoms with van der Waals surface area (Å²) in [5.41, 5.74) is 3.02. The van der Waals surface area contributed by atoms with Gasteiger partial charge < -0.3 is 5.32 Å². The van der Waals surface area contributed by atoms with Crippen molar-refractivity contribution in [3.05, 3.63) is 48.2 Å². The summed E-state index contributed by atoms with van der Waals surface area (Å²) in [5.74, 6) is 2.17. The molecule has 2 fully saturated rings. The standard InChI is InChI=1S/C29H37N9O3S/c1-5-42(40,41)22-14-33-24(34-15-22)10-12-31-16-23(30-4)29(39)38(19(3)20-6-7-20)25-11-13-32-28(37-25)26-18(2)35-17-36-27(26)21-8-9-21/h11,13-15,17,19-21,31H,5-10,12,16H2,1-4H3/b30-23-/t19-/m0/s1. The quantitative estimate of drug-likeness (QED) is 0.232. The van der Waals surface area contributed by atoms with Gasteiger partial charge in [0.1, 0.15) is 28.6 Å². The number of rotatable bonds is 13. The molecule has 5 rings (SSSR count). The number of anilines is 1. The molecule has 3 heterocycles. The number of sulfone groups is 1. The minimum Gasteiger partial charge on any atom is -0.311 e. The Labute approximate surface area is 246 Å². The predicted octanol–water partition coefficient (Wildman–Crippen LogP) is 2.74. The lowest BCUT2D eigenvalue weighted by atomic mass is 10.1. The second-order valence-corrected chi connectivity index (χ2v) is 13.1. The van der Waals surface area contributed by atoms with Crippen molar-refractivity contribution in [2.24, 2.45) is 10.9 Å². The molecular weight excluding hydrogens is 554 g/mol. The lowest BCUT2D eigenvalue weighted by Gasteiger charge is -2.29. The first kappa shape index (κ1) is 29.8. The smallest absolute Gasteiger partial charge is 0.274 e. The molecule has 1 atom stereocenters. The highest BCUT2D eigenvalue weighted by Crippen LogP contribution is 2.43. The normalized spacial score (nSPS) is 16.3. The third-order valence-electron chi connectivity index (χ3n) is 7.83. The molecule has 0 aliphatic heterocycles. The van der Waals surface area contributed by atoms with Gasteiger partial charge in [0.2, 0.25) is 0 Å². The first-order chi connectivity index (χ1) is 20.2. The first-order valence-electron chi connectivity index (χ1n) is 14.4. The third-order valence-corrected chi connectivity index (χ3v) is 9.52. The molecule has 12 nitrogen and oxygen atoms in total. The van der Waals surface area contributed by atoms with Gasteiger partial charge in [0, 0.05) is 57.1 Å². The van der Waals surface area contributed by atoms with E-state index in [9.17, 15) is 13.2 Å². The summed E-state index contributed by atoms with van der Waals surface area (Å²) >= 11 is 0. The van der Waals surface area contributed by atoms with Crippen LogP contribution >= 0.6 is 0 Å². The summed E-state index contributed by atoms with van der Waals surface area (Å²) in [6, 6.07) is 1.72. The van der Waals surface area contributed by atoms with E-state index in [1.807, 2.05) is 6.92 Å². The van der Waals surface area contributed by atoms with Crippen molar-refractivity contribution in [2.75, 3.05) is 30.8 Å². The fraction of sp³-hybridized carbons (Fsp3) is 0.517. The molecule has 2 aliphatic rings. The molecule has 0 aromatic carbocycles. The van der Waals surface area contributed by atoms with Crippen molar-refractivity contribution in [2.45, 2.75) is 69.7 Å². The predicted molar refractivity (Wildman–Crippen MR) is 159 cm³/mol. The fourth-order valence-electron chi connectivity index (χ4n) is 4.92. The van der Waals surface area contributed by atoms with Crippen molar-refractivity contribution >= 4 is 27.3 Å². The average molecular weight is 592 g/mol. The Morgan fingerprint density at radius 2 is 1.86 bits per heavy atom. The fourth-order valence-corrected chi connectivity index (χ4v) is 5.68. The molecule has 3 aromatic heterocycles. The number of carbonyl (C=O) groups is 1. The van der Waals surface area contributed by atoms with Crippen molar-refractivity contribution < 1.29 is 13.2 Å². The Bertz CT molecular complexity index is 1570. The second kappa shape index (κ2) is 12.7. The zero-order valence-corrected chi connectivity index (χ0v) is 25.3. The van der Waals surface area contributed by atoms with Crippen LogP contribution in [-0.4, -0.2) is 81.9 Å². The number of nitrogens with one attached hydrogen (secondary N) is 1. The van der Waals surface area contributed by atoms with E-state index >= 15 is 0 Å². The van der Waals surface area contributed by atoms with Gasteiger partial charge in [-0.2, -0.15) is 0 Å². The van der Waals surface area contributed by atoms with E-state index in [1.54, 1.807) is 37.5 Å². The van der Waals surface area contributed by atoms with Gasteiger partial charge >= 0.3 is 0 Å². The molecule has 1 N–H and O–H groups in total. The van der Waals surface area contributed by atoms with Crippen LogP contribution in [0, 0.1) is 12.8 Å². The maximum absolute atomic E-state index is 14.0. The number of carbonyl (C=O) groups excluding carboxylic acids is 1. The molecule has 0 spiro atoms. The zero-order chi connectivity index (χ0) is 29.9. The Morgan fingerprint density at radius 1 is 1.12 bits per heavy atom. The Kier molecular flexibility index (Phi) is 8.97. The molecule has 3 aromatic rings. The summed E-state index contributed by atoms with van der Waals surface area (Å²) in [6.07, 6.45) is 10.7. The van der Waals surface area contributed by atoms with Crippen LogP contribution < -0.4 is 10.2 Å². The summed E-state index contributed by atoms with van der Waals surface area (Å²) in [7, 11) is -1.73. The highest BCUT2D eigenvalue weighted by molar-refractivity contribution is 7.91. The van der Waals surface area contributed by atoms with Gasteiger partial charge in [0.25, 0.3) is 5.91 Å². The number of aryl methyl sites for hydroxylation is 1. The molecule has 222 valence electrons. The first-order valence-corrected chi connectivity index (χ1v) is 16.1. The van der Waals surface area contributed by atoms with E-state index < -0.39 is 9.84 Å². The lowest BCUT2D eigenvalue weighted by molar-refractivity contribution is -0.113. The van der Waals surface area contributed by atoms with Crippen molar-refractivity contribution in [3.8, 4) is 11.4 Å². The summed E-state index contributed by atoms with van der Waals surface area (Å²) in [4.78, 5) is 46.9. The van der Waals surface area contributed by atoms with Crippen LogP contribution in [0.1, 0.15) is 62.7 Å². The largest absolute Gasteiger partial charge is 0.311 e. The van der Waals surface area contributed by atoms with Gasteiger partial charge in [-0.15, -0.1) is 0 Å². The van der Waals surface area contributed by atoms with Crippen LogP contribution in [0.5, 0.6) is 0 Å². The van der Waals surface area contributed by atoms with Crippen molar-refractivity contribution in [3.63, 3.8) is 0 Å². The SMILES string of the molecule is CCS(=O)(=O)c1cnc(CCNC/C(=N/C)C(=O)N(c2ccnc(-c3c(C)ncnc3C3CC3)n2)[C@@H](C)C2CC2)nc1. The number of aliphatic imine (C=N–C) groups is 1. The highest BCUT2D eigenvalue weighted by atomic mass is 32.2. The van der Waals surface area contributed by atoms with Crippen LogP contribution in [0.3, 0.4) is 0 Å². The van der Waals surface area contributed by atoms with E-state index in [1.165, 1.54) is 12.4 Å². The van der Waals surface area contributed by atoms with Gasteiger partial charge in [-0.3, -0.25) is 14.7 Å². The molecule has 0 unspecified atom stereocenters. The van der Waals surface area contributed by atoms with E-state index in [-0.39, 0.29) is 29.1 Å². The minimum absolute atomic E-state index is 0.00105. The summed E-state index contributed by atoms with van der Waals surface area (Å²) < 4.78 is 24.0. The maximum atomic E-state index is 14.0. The van der Waals surface area contributed by atoms with Crippen molar-refractivity contribution in [1.82, 2.24) is 35.2 Å². The van der Waals surface area contributed by atoms with Crippen LogP contribution in [-0.2, 0) is 21.1 Å². The van der Waals surface area contributed by atoms with Gasteiger partial charge in [-0.1, -0.05) is 6.92 Å². The maximum Gasteiger partial charge on any atom is 0.274 e. The topological polar surface area (TPSA) is 156 Å². The highest BCUT2D eigenvalue weighted by Gasteiger charge is 2.37. The minimum atomic E-state index is -3.34. The monoisotopic (exact) mass is 591 g/mol. The van der Waals surface area contributed by atoms with Crippen LogP contribution in [0.4, 0.5) is 5.82 Å². The Morgan fingerprint density at radius 3 is 2.50 bits per heavy atom. The van der Waals surface area contributed by atoms with Gasteiger partial charge in [-0.25, -0.2) is 38.3 Å². The molecule has 13 heteroatoms. The molecule has 0 saturated heterocycles. The van der Waals surface area contributed by atoms with E-state index in [0.717, 1.165) is 42.6 Å². The van der Waals surface area contributed by atoms with Gasteiger partial charge in [0.05, 0.1) is 22.7 Å². The van der Waals surface area contributed by atoms with Crippen LogP contribution in [0.15, 0.2) is 40.9 Å². The third kappa shape index (κ3) is 6.67. The van der Waals surface area contributed by atoms with E-state index in [2.05, 4.69) is 42.2 Å². The molecule has 2 saturated carbocycles. The number of hydrogen-bond donors (Lipinski definition) is 1. The average Bonchev–Trinajstić information content (AvgIpc) is 3.91. The molecule has 1 amide bonds. The Hall–Kier alpha value is -3.71. The number of nitrogens with zero attached hydrogens (tertiary/aromatic N) is 8. The zero-order valence-electron chi connectivity index (χ0n) is 24.5. The molecule has 0 radical (unpaired) electrons. The number of hydrogen-bond acceptors (Lipinski definition) is 11. The van der Waals surface area contributed by atoms with Crippen molar-refractivity contribution in [1.29, 1.82) is 0 Å². The van der Waals surface area contributed by atoms with Crippen LogP contribution in [0.25, 0.3) is 11.4 Å². The van der Waals surface area contributed by atoms with Gasteiger partial charge in [-0.05, 0) is 51.5 Å². The molecule has 42 heavy (non-hydrogen) atoms. The van der Waals surface area contributed by atoms with E-state index in [4.69, 9.17) is 4.98 Å². The number of amides is 1. The lowest BCUT2D eigenvalue weighted by Crippen LogP contribution is -2.47. The second-order valence-electron chi connectivity index (χ2n) is 10.8. The molecule has 0 bridgehead atoms.